The molecule has 0 amide bonds. The molecule has 0 radical (unpaired) electrons. The third-order valence-corrected chi connectivity index (χ3v) is 4.30. The Balaban J connectivity index is 0.00000676. The summed E-state index contributed by atoms with van der Waals surface area (Å²) >= 11 is 0. The second-order valence-corrected chi connectivity index (χ2v) is 7.45. The molecule has 1 rings (SSSR count). The summed E-state index contributed by atoms with van der Waals surface area (Å²) in [4.78, 5) is 6.66. The third kappa shape index (κ3) is 11.5. The lowest BCUT2D eigenvalue weighted by molar-refractivity contribution is 0.108. The van der Waals surface area contributed by atoms with Crippen molar-refractivity contribution in [2.24, 2.45) is 10.9 Å². The van der Waals surface area contributed by atoms with Gasteiger partial charge < -0.3 is 15.4 Å². The topological polar surface area (TPSA) is 48.9 Å². The van der Waals surface area contributed by atoms with Crippen molar-refractivity contribution in [1.82, 2.24) is 15.5 Å². The molecule has 0 fully saturated rings. The van der Waals surface area contributed by atoms with Crippen LogP contribution in [-0.2, 0) is 17.8 Å². The number of hydrogen-bond acceptors (Lipinski definition) is 3. The Kier molecular flexibility index (Phi) is 14.6. The van der Waals surface area contributed by atoms with Crippen LogP contribution in [0.2, 0.25) is 0 Å². The smallest absolute Gasteiger partial charge is 0.191 e. The fourth-order valence-electron chi connectivity index (χ4n) is 2.44. The van der Waals surface area contributed by atoms with Gasteiger partial charge in [0.2, 0.25) is 0 Å². The maximum atomic E-state index is 5.61. The zero-order valence-corrected chi connectivity index (χ0v) is 20.2. The molecule has 0 bridgehead atoms. The van der Waals surface area contributed by atoms with Gasteiger partial charge in [0, 0.05) is 45.9 Å². The molecule has 1 aromatic rings. The molecule has 156 valence electrons. The molecule has 0 spiro atoms. The van der Waals surface area contributed by atoms with Crippen molar-refractivity contribution in [3.05, 3.63) is 35.4 Å². The van der Waals surface area contributed by atoms with E-state index < -0.39 is 0 Å². The minimum absolute atomic E-state index is 0. The van der Waals surface area contributed by atoms with Crippen molar-refractivity contribution < 1.29 is 4.74 Å². The molecule has 0 saturated heterocycles. The normalized spacial score (nSPS) is 11.8. The van der Waals surface area contributed by atoms with E-state index in [-0.39, 0.29) is 24.0 Å². The number of nitrogens with one attached hydrogen (secondary N) is 2. The van der Waals surface area contributed by atoms with Gasteiger partial charge in [-0.3, -0.25) is 9.89 Å². The standard InChI is InChI=1S/C21H38N4O.HI/c1-17(2)16-26-13-9-12-23-21(22-5)24-14-19-10-7-8-11-20(19)15-25(6)18(3)4;/h7-8,10-11,17-18H,9,12-16H2,1-6H3,(H2,22,23,24);1H. The van der Waals surface area contributed by atoms with E-state index in [0.717, 1.165) is 45.2 Å². The van der Waals surface area contributed by atoms with Gasteiger partial charge in [-0.05, 0) is 44.4 Å². The summed E-state index contributed by atoms with van der Waals surface area (Å²) < 4.78 is 5.61. The van der Waals surface area contributed by atoms with Gasteiger partial charge in [-0.2, -0.15) is 0 Å². The number of rotatable bonds is 11. The SMILES string of the molecule is CN=C(NCCCOCC(C)C)NCc1ccccc1CN(C)C(C)C.I. The van der Waals surface area contributed by atoms with Crippen LogP contribution in [-0.4, -0.2) is 50.8 Å². The van der Waals surface area contributed by atoms with Crippen LogP contribution >= 0.6 is 24.0 Å². The van der Waals surface area contributed by atoms with Crippen LogP contribution in [0.3, 0.4) is 0 Å². The van der Waals surface area contributed by atoms with Crippen molar-refractivity contribution in [2.75, 3.05) is 33.9 Å². The summed E-state index contributed by atoms with van der Waals surface area (Å²) in [5, 5.41) is 6.77. The zero-order chi connectivity index (χ0) is 19.4. The van der Waals surface area contributed by atoms with Gasteiger partial charge in [0.25, 0.3) is 0 Å². The lowest BCUT2D eigenvalue weighted by atomic mass is 10.1. The Hall–Kier alpha value is -0.860. The Bertz CT molecular complexity index is 535. The van der Waals surface area contributed by atoms with Crippen molar-refractivity contribution in [3.63, 3.8) is 0 Å². The summed E-state index contributed by atoms with van der Waals surface area (Å²) in [5.74, 6) is 1.42. The minimum atomic E-state index is 0. The highest BCUT2D eigenvalue weighted by molar-refractivity contribution is 14.0. The lowest BCUT2D eigenvalue weighted by Gasteiger charge is -2.23. The van der Waals surface area contributed by atoms with Gasteiger partial charge in [-0.25, -0.2) is 0 Å². The van der Waals surface area contributed by atoms with E-state index in [0.29, 0.717) is 12.0 Å². The van der Waals surface area contributed by atoms with Crippen LogP contribution in [0.5, 0.6) is 0 Å². The third-order valence-electron chi connectivity index (χ3n) is 4.30. The van der Waals surface area contributed by atoms with E-state index in [1.165, 1.54) is 11.1 Å². The number of benzene rings is 1. The van der Waals surface area contributed by atoms with Crippen molar-refractivity contribution >= 4 is 29.9 Å². The van der Waals surface area contributed by atoms with E-state index in [9.17, 15) is 0 Å². The zero-order valence-electron chi connectivity index (χ0n) is 17.9. The van der Waals surface area contributed by atoms with Crippen LogP contribution in [0.15, 0.2) is 29.3 Å². The Labute approximate surface area is 183 Å². The van der Waals surface area contributed by atoms with Crippen LogP contribution in [0.4, 0.5) is 0 Å². The number of hydrogen-bond donors (Lipinski definition) is 2. The van der Waals surface area contributed by atoms with Crippen molar-refractivity contribution in [1.29, 1.82) is 0 Å². The van der Waals surface area contributed by atoms with Gasteiger partial charge in [-0.15, -0.1) is 24.0 Å². The largest absolute Gasteiger partial charge is 0.381 e. The van der Waals surface area contributed by atoms with E-state index in [1.807, 2.05) is 7.05 Å². The van der Waals surface area contributed by atoms with Crippen LogP contribution in [0.1, 0.15) is 45.2 Å². The van der Waals surface area contributed by atoms with Crippen LogP contribution < -0.4 is 10.6 Å². The lowest BCUT2D eigenvalue weighted by Crippen LogP contribution is -2.38. The van der Waals surface area contributed by atoms with Gasteiger partial charge >= 0.3 is 0 Å². The van der Waals surface area contributed by atoms with Gasteiger partial charge in [0.05, 0.1) is 0 Å². The fourth-order valence-corrected chi connectivity index (χ4v) is 2.44. The van der Waals surface area contributed by atoms with Crippen LogP contribution in [0, 0.1) is 5.92 Å². The number of guanidine groups is 1. The first-order valence-corrected chi connectivity index (χ1v) is 9.73. The Morgan fingerprint density at radius 1 is 1.11 bits per heavy atom. The first-order chi connectivity index (χ1) is 12.4. The van der Waals surface area contributed by atoms with Crippen molar-refractivity contribution in [2.45, 2.75) is 53.2 Å². The molecule has 1 aromatic carbocycles. The molecule has 0 aliphatic carbocycles. The number of aliphatic imine (C=N–C) groups is 1. The maximum absolute atomic E-state index is 5.61. The van der Waals surface area contributed by atoms with Gasteiger partial charge in [-0.1, -0.05) is 38.1 Å². The molecule has 0 saturated carbocycles. The number of nitrogens with zero attached hydrogens (tertiary/aromatic N) is 2. The summed E-state index contributed by atoms with van der Waals surface area (Å²) in [6.07, 6.45) is 0.975. The van der Waals surface area contributed by atoms with E-state index in [1.54, 1.807) is 0 Å². The average Bonchev–Trinajstić information content (AvgIpc) is 2.61. The first kappa shape index (κ1) is 26.1. The molecular weight excluding hydrogens is 451 g/mol. The van der Waals surface area contributed by atoms with Gasteiger partial charge in [0.15, 0.2) is 5.96 Å². The van der Waals surface area contributed by atoms with Crippen LogP contribution in [0.25, 0.3) is 0 Å². The quantitative estimate of drug-likeness (QED) is 0.214. The molecule has 6 heteroatoms. The highest BCUT2D eigenvalue weighted by Gasteiger charge is 2.08. The first-order valence-electron chi connectivity index (χ1n) is 9.73. The van der Waals surface area contributed by atoms with Crippen molar-refractivity contribution in [3.8, 4) is 0 Å². The summed E-state index contributed by atoms with van der Waals surface area (Å²) in [6.45, 7) is 13.0. The summed E-state index contributed by atoms with van der Waals surface area (Å²) in [7, 11) is 3.97. The molecule has 0 aliphatic rings. The molecular formula is C21H39IN4O. The van der Waals surface area contributed by atoms with E-state index in [2.05, 4.69) is 79.5 Å². The molecule has 0 heterocycles. The molecule has 0 aromatic heterocycles. The molecule has 27 heavy (non-hydrogen) atoms. The maximum Gasteiger partial charge on any atom is 0.191 e. The molecule has 5 nitrogen and oxygen atoms in total. The summed E-state index contributed by atoms with van der Waals surface area (Å²) in [6, 6.07) is 9.13. The minimum Gasteiger partial charge on any atom is -0.381 e. The molecule has 0 unspecified atom stereocenters. The average molecular weight is 490 g/mol. The Morgan fingerprint density at radius 2 is 1.78 bits per heavy atom. The van der Waals surface area contributed by atoms with Gasteiger partial charge in [0.1, 0.15) is 0 Å². The second kappa shape index (κ2) is 15.1. The highest BCUT2D eigenvalue weighted by atomic mass is 127. The van der Waals surface area contributed by atoms with E-state index >= 15 is 0 Å². The monoisotopic (exact) mass is 490 g/mol. The van der Waals surface area contributed by atoms with E-state index in [4.69, 9.17) is 4.74 Å². The Morgan fingerprint density at radius 3 is 2.37 bits per heavy atom. The molecule has 0 aliphatic heterocycles. The summed E-state index contributed by atoms with van der Waals surface area (Å²) in [5.41, 5.74) is 2.66. The molecule has 2 N–H and O–H groups in total. The highest BCUT2D eigenvalue weighted by Crippen LogP contribution is 2.12. The number of ether oxygens (including phenoxy) is 1. The fraction of sp³-hybridized carbons (Fsp3) is 0.667. The molecule has 0 atom stereocenters. The second-order valence-electron chi connectivity index (χ2n) is 7.45. The predicted molar refractivity (Wildman–Crippen MR) is 127 cm³/mol. The number of halogens is 1. The predicted octanol–water partition coefficient (Wildman–Crippen LogP) is 3.87.